The second-order valence-corrected chi connectivity index (χ2v) is 34.9. The van der Waals surface area contributed by atoms with Crippen molar-refractivity contribution in [3.8, 4) is 57.2 Å². The first-order valence-electron chi connectivity index (χ1n) is 35.6. The van der Waals surface area contributed by atoms with Gasteiger partial charge in [-0.3, -0.25) is 0 Å². The molecule has 110 heavy (non-hydrogen) atoms. The Bertz CT molecular complexity index is 5160. The molecule has 0 saturated carbocycles. The summed E-state index contributed by atoms with van der Waals surface area (Å²) >= 11 is 29.9. The van der Waals surface area contributed by atoms with Crippen LogP contribution in [0, 0.1) is 34.6 Å². The molecule has 5 N–H and O–H groups in total. The average molecular weight is 1580 g/mol. The maximum absolute atomic E-state index is 10.7. The molecule has 0 aliphatic heterocycles. The van der Waals surface area contributed by atoms with Crippen LogP contribution in [0.5, 0.6) is 28.7 Å². The monoisotopic (exact) mass is 1580 g/mol. The summed E-state index contributed by atoms with van der Waals surface area (Å²) in [6.07, 6.45) is 0. The summed E-state index contributed by atoms with van der Waals surface area (Å²) in [5.74, 6) is 1.06. The van der Waals surface area contributed by atoms with Crippen LogP contribution in [-0.4, -0.2) is 101 Å². The number of phenols is 5. The summed E-state index contributed by atoms with van der Waals surface area (Å²) in [5, 5.41) is 101. The van der Waals surface area contributed by atoms with E-state index >= 15 is 0 Å². The smallest absolute Gasteiger partial charge is 0.146 e. The molecule has 20 nitrogen and oxygen atoms in total. The van der Waals surface area contributed by atoms with Crippen LogP contribution in [0.2, 0.25) is 25.1 Å². The van der Waals surface area contributed by atoms with Gasteiger partial charge in [0, 0.05) is 52.9 Å². The number of benzene rings is 10. The second-order valence-electron chi connectivity index (χ2n) is 32.8. The van der Waals surface area contributed by atoms with Crippen molar-refractivity contribution in [3.05, 3.63) is 232 Å². The summed E-state index contributed by atoms with van der Waals surface area (Å²) < 4.78 is 0. The van der Waals surface area contributed by atoms with Crippen LogP contribution < -0.4 is 0 Å². The normalized spacial score (nSPS) is 12.0. The van der Waals surface area contributed by atoms with E-state index in [2.05, 4.69) is 155 Å². The minimum absolute atomic E-state index is 0.166. The molecule has 0 aliphatic rings. The molecule has 570 valence electrons. The number of hydrogen-bond donors (Lipinski definition) is 5. The zero-order valence-electron chi connectivity index (χ0n) is 65.3. The summed E-state index contributed by atoms with van der Waals surface area (Å²) in [5.41, 5.74) is 18.9. The van der Waals surface area contributed by atoms with Gasteiger partial charge in [0.25, 0.3) is 0 Å². The lowest BCUT2D eigenvalue weighted by atomic mass is 9.85. The second kappa shape index (κ2) is 30.8. The first kappa shape index (κ1) is 80.7. The maximum Gasteiger partial charge on any atom is 0.146 e. The Balaban J connectivity index is 0.000000136. The van der Waals surface area contributed by atoms with Crippen molar-refractivity contribution in [1.82, 2.24) is 75.0 Å². The quantitative estimate of drug-likeness (QED) is 0.107. The van der Waals surface area contributed by atoms with Gasteiger partial charge in [-0.1, -0.05) is 192 Å². The summed E-state index contributed by atoms with van der Waals surface area (Å²) in [6, 6.07) is 46.2. The highest BCUT2D eigenvalue weighted by Gasteiger charge is 2.28. The first-order chi connectivity index (χ1) is 51.3. The van der Waals surface area contributed by atoms with E-state index in [0.717, 1.165) is 83.2 Å². The van der Waals surface area contributed by atoms with Crippen molar-refractivity contribution in [2.75, 3.05) is 0 Å². The molecule has 5 heterocycles. The molecule has 0 aliphatic carbocycles. The predicted octanol–water partition coefficient (Wildman–Crippen LogP) is 21.9. The van der Waals surface area contributed by atoms with E-state index in [1.165, 1.54) is 24.0 Å². The number of nitrogens with zero attached hydrogens (tertiary/aromatic N) is 15. The van der Waals surface area contributed by atoms with Crippen LogP contribution in [0.3, 0.4) is 0 Å². The SMILES string of the molecule is Cc1cc(-n2nc3ccc(Cl)cc3n2)c(O)c(C(C)(C)C)c1.Cc1cc(-n2nc3ccc(Cl)cc3n2)c(O)c(C(C)(C)C)c1.Cc1cc(-n2nc3ccc(Cl)cc3n2)c(O)c(C(C)(C)C)c1.Cc1cc(-n2nc3ccc(Cl)cc3n2)c(O)c(C(C)(C)C)c1.Cc1cc(-n2nc3ccc(Cl)cc3n2)c(O)c(C(C)(C)C)c1. The Morgan fingerprint density at radius 3 is 0.482 bits per heavy atom. The molecule has 0 fully saturated rings. The molecule has 0 bridgehead atoms. The van der Waals surface area contributed by atoms with E-state index in [1.807, 2.05) is 126 Å². The molecule has 0 spiro atoms. The highest BCUT2D eigenvalue weighted by atomic mass is 35.5. The number of aromatic nitrogens is 15. The van der Waals surface area contributed by atoms with Gasteiger partial charge >= 0.3 is 0 Å². The lowest BCUT2D eigenvalue weighted by molar-refractivity contribution is 0.439. The number of aryl methyl sites for hydroxylation is 5. The maximum atomic E-state index is 10.7. The fourth-order valence-electron chi connectivity index (χ4n) is 12.4. The van der Waals surface area contributed by atoms with Crippen molar-refractivity contribution < 1.29 is 25.5 Å². The Hall–Kier alpha value is -10.4. The van der Waals surface area contributed by atoms with E-state index in [1.54, 1.807) is 60.7 Å². The molecule has 15 rings (SSSR count). The predicted molar refractivity (Wildman–Crippen MR) is 445 cm³/mol. The standard InChI is InChI=1S/5C17H18ClN3O/c5*1-10-7-12(17(2,3)4)16(22)15(8-10)21-19-13-6-5-11(18)9-14(13)20-21/h5*5-9,22H,1-4H3. The van der Waals surface area contributed by atoms with Crippen LogP contribution in [-0.2, 0) is 27.1 Å². The van der Waals surface area contributed by atoms with Crippen LogP contribution in [0.4, 0.5) is 0 Å². The molecule has 25 heteroatoms. The summed E-state index contributed by atoms with van der Waals surface area (Å²) in [4.78, 5) is 7.35. The number of hydrogen-bond acceptors (Lipinski definition) is 15. The van der Waals surface area contributed by atoms with E-state index in [-0.39, 0.29) is 55.8 Å². The first-order valence-corrected chi connectivity index (χ1v) is 37.5. The molecular weight excluding hydrogens is 1490 g/mol. The highest BCUT2D eigenvalue weighted by molar-refractivity contribution is 6.32. The highest BCUT2D eigenvalue weighted by Crippen LogP contribution is 2.42. The van der Waals surface area contributed by atoms with Gasteiger partial charge < -0.3 is 25.5 Å². The van der Waals surface area contributed by atoms with Crippen LogP contribution in [0.15, 0.2) is 152 Å². The molecule has 10 aromatic carbocycles. The van der Waals surface area contributed by atoms with Gasteiger partial charge in [0.1, 0.15) is 112 Å². The number of rotatable bonds is 5. The van der Waals surface area contributed by atoms with Crippen LogP contribution >= 0.6 is 58.0 Å². The van der Waals surface area contributed by atoms with E-state index in [0.29, 0.717) is 81.1 Å². The number of fused-ring (bicyclic) bond motifs is 5. The topological polar surface area (TPSA) is 255 Å². The zero-order valence-corrected chi connectivity index (χ0v) is 69.0. The van der Waals surface area contributed by atoms with Gasteiger partial charge in [-0.2, -0.15) is 0 Å². The zero-order chi connectivity index (χ0) is 80.3. The molecule has 0 saturated heterocycles. The van der Waals surface area contributed by atoms with Gasteiger partial charge in [-0.15, -0.1) is 75.0 Å². The van der Waals surface area contributed by atoms with E-state index < -0.39 is 0 Å². The third-order valence-corrected chi connectivity index (χ3v) is 19.2. The van der Waals surface area contributed by atoms with Gasteiger partial charge in [-0.25, -0.2) is 0 Å². The van der Waals surface area contributed by atoms with Gasteiger partial charge in [0.15, 0.2) is 0 Å². The third-order valence-electron chi connectivity index (χ3n) is 18.0. The van der Waals surface area contributed by atoms with Gasteiger partial charge in [-0.05, 0) is 211 Å². The van der Waals surface area contributed by atoms with Crippen molar-refractivity contribution in [2.24, 2.45) is 0 Å². The summed E-state index contributed by atoms with van der Waals surface area (Å²) in [6.45, 7) is 41.0. The van der Waals surface area contributed by atoms with E-state index in [9.17, 15) is 25.5 Å². The van der Waals surface area contributed by atoms with Crippen molar-refractivity contribution in [1.29, 1.82) is 0 Å². The molecule has 0 radical (unpaired) electrons. The van der Waals surface area contributed by atoms with Crippen LogP contribution in [0.25, 0.3) is 83.6 Å². The number of halogens is 5. The van der Waals surface area contributed by atoms with Crippen molar-refractivity contribution >= 4 is 113 Å². The molecule has 15 aromatic rings. The van der Waals surface area contributed by atoms with Gasteiger partial charge in [0.2, 0.25) is 0 Å². The Kier molecular flexibility index (Phi) is 22.6. The minimum atomic E-state index is -0.166. The van der Waals surface area contributed by atoms with Crippen LogP contribution in [0.1, 0.15) is 159 Å². The lowest BCUT2D eigenvalue weighted by Crippen LogP contribution is -2.13. The number of phenolic OH excluding ortho intramolecular Hbond substituents is 5. The van der Waals surface area contributed by atoms with Crippen molar-refractivity contribution in [3.63, 3.8) is 0 Å². The molecule has 0 atom stereocenters. The fraction of sp³-hybridized carbons (Fsp3) is 0.294. The summed E-state index contributed by atoms with van der Waals surface area (Å²) in [7, 11) is 0. The molecule has 0 unspecified atom stereocenters. The number of aromatic hydroxyl groups is 5. The Labute approximate surface area is 664 Å². The fourth-order valence-corrected chi connectivity index (χ4v) is 13.2. The van der Waals surface area contributed by atoms with Crippen molar-refractivity contribution in [2.45, 2.75) is 166 Å². The Morgan fingerprint density at radius 2 is 0.345 bits per heavy atom. The lowest BCUT2D eigenvalue weighted by Gasteiger charge is -2.22. The average Bonchev–Trinajstić information content (AvgIpc) is 1.58. The molecule has 0 amide bonds. The minimum Gasteiger partial charge on any atom is -0.505 e. The largest absolute Gasteiger partial charge is 0.505 e. The van der Waals surface area contributed by atoms with E-state index in [4.69, 9.17) is 58.0 Å². The molecule has 5 aromatic heterocycles. The third kappa shape index (κ3) is 18.1. The van der Waals surface area contributed by atoms with Gasteiger partial charge in [0.05, 0.1) is 0 Å². The Morgan fingerprint density at radius 1 is 0.209 bits per heavy atom. The molecular formula is C85H90Cl5N15O5.